The molecule has 1 aromatic carbocycles. The zero-order valence-corrected chi connectivity index (χ0v) is 15.9. The molecule has 3 aromatic rings. The number of fused-ring (bicyclic) bond motifs is 1. The molecular formula is C22H19N3O4. The molecule has 0 amide bonds. The van der Waals surface area contributed by atoms with Gasteiger partial charge in [0.05, 0.1) is 11.5 Å². The van der Waals surface area contributed by atoms with Gasteiger partial charge in [-0.25, -0.2) is 9.78 Å². The number of benzene rings is 1. The molecule has 146 valence electrons. The van der Waals surface area contributed by atoms with Crippen molar-refractivity contribution in [1.29, 1.82) is 5.26 Å². The molecule has 1 saturated heterocycles. The smallest absolute Gasteiger partial charge is 0.336 e. The molecule has 0 spiro atoms. The third-order valence-corrected chi connectivity index (χ3v) is 5.17. The predicted molar refractivity (Wildman–Crippen MR) is 107 cm³/mol. The fourth-order valence-electron chi connectivity index (χ4n) is 3.55. The fourth-order valence-corrected chi connectivity index (χ4v) is 3.55. The molecule has 0 radical (unpaired) electrons. The van der Waals surface area contributed by atoms with Gasteiger partial charge in [0.15, 0.2) is 0 Å². The second kappa shape index (κ2) is 7.76. The summed E-state index contributed by atoms with van der Waals surface area (Å²) in [6, 6.07) is 12.1. The number of pyridine rings is 1. The van der Waals surface area contributed by atoms with Crippen molar-refractivity contribution in [2.75, 3.05) is 18.0 Å². The minimum absolute atomic E-state index is 0.204. The highest BCUT2D eigenvalue weighted by Gasteiger charge is 2.27. The maximum absolute atomic E-state index is 12.6. The summed E-state index contributed by atoms with van der Waals surface area (Å²) in [4.78, 5) is 30.5. The molecule has 1 fully saturated rings. The van der Waals surface area contributed by atoms with Crippen molar-refractivity contribution >= 4 is 22.8 Å². The highest BCUT2D eigenvalue weighted by Crippen LogP contribution is 2.26. The standard InChI is InChI=1S/C22H19N3O4/c1-14-10-21(26)29-19-11-17(3-4-18(14)19)28-22(27)16-6-8-25(9-7-16)20-5-2-15(12-23)13-24-20/h2-5,10-11,13,16H,6-9H2,1H3. The summed E-state index contributed by atoms with van der Waals surface area (Å²) >= 11 is 0. The molecule has 0 N–H and O–H groups in total. The Labute approximate surface area is 167 Å². The minimum atomic E-state index is -0.428. The van der Waals surface area contributed by atoms with E-state index >= 15 is 0 Å². The summed E-state index contributed by atoms with van der Waals surface area (Å²) in [5.41, 5.74) is 1.32. The number of rotatable bonds is 3. The van der Waals surface area contributed by atoms with Crippen molar-refractivity contribution in [3.8, 4) is 11.8 Å². The van der Waals surface area contributed by atoms with Gasteiger partial charge in [-0.3, -0.25) is 4.79 Å². The van der Waals surface area contributed by atoms with Crippen molar-refractivity contribution in [2.24, 2.45) is 5.92 Å². The van der Waals surface area contributed by atoms with Gasteiger partial charge in [0.25, 0.3) is 0 Å². The molecule has 2 aromatic heterocycles. The van der Waals surface area contributed by atoms with Crippen LogP contribution in [0.3, 0.4) is 0 Å². The van der Waals surface area contributed by atoms with Crippen LogP contribution in [-0.2, 0) is 4.79 Å². The molecule has 7 nitrogen and oxygen atoms in total. The first-order valence-corrected chi connectivity index (χ1v) is 9.41. The number of aromatic nitrogens is 1. The van der Waals surface area contributed by atoms with Gasteiger partial charge in [0, 0.05) is 36.8 Å². The molecule has 0 aliphatic carbocycles. The Morgan fingerprint density at radius 1 is 1.24 bits per heavy atom. The van der Waals surface area contributed by atoms with Gasteiger partial charge in [-0.1, -0.05) is 0 Å². The Morgan fingerprint density at radius 3 is 2.72 bits per heavy atom. The van der Waals surface area contributed by atoms with Crippen LogP contribution in [0.15, 0.2) is 51.8 Å². The molecule has 1 aliphatic heterocycles. The number of carbonyl (C=O) groups excluding carboxylic acids is 1. The number of hydrogen-bond donors (Lipinski definition) is 0. The molecular weight excluding hydrogens is 370 g/mol. The van der Waals surface area contributed by atoms with E-state index in [4.69, 9.17) is 14.4 Å². The van der Waals surface area contributed by atoms with Gasteiger partial charge < -0.3 is 14.1 Å². The molecule has 7 heteroatoms. The summed E-state index contributed by atoms with van der Waals surface area (Å²) in [5, 5.41) is 9.68. The minimum Gasteiger partial charge on any atom is -0.426 e. The fraction of sp³-hybridized carbons (Fsp3) is 0.273. The SMILES string of the molecule is Cc1cc(=O)oc2cc(OC(=O)C3CCN(c4ccc(C#N)cn4)CC3)ccc12. The first-order chi connectivity index (χ1) is 14.0. The van der Waals surface area contributed by atoms with E-state index in [1.807, 2.05) is 13.0 Å². The third-order valence-electron chi connectivity index (χ3n) is 5.17. The van der Waals surface area contributed by atoms with Crippen LogP contribution < -0.4 is 15.3 Å². The summed E-state index contributed by atoms with van der Waals surface area (Å²) < 4.78 is 10.8. The lowest BCUT2D eigenvalue weighted by atomic mass is 9.97. The Hall–Kier alpha value is -3.66. The zero-order valence-electron chi connectivity index (χ0n) is 15.9. The van der Waals surface area contributed by atoms with Crippen molar-refractivity contribution in [2.45, 2.75) is 19.8 Å². The van der Waals surface area contributed by atoms with Crippen LogP contribution in [0, 0.1) is 24.2 Å². The predicted octanol–water partition coefficient (Wildman–Crippen LogP) is 3.19. The average molecular weight is 389 g/mol. The Balaban J connectivity index is 1.40. The number of nitriles is 1. The van der Waals surface area contributed by atoms with Crippen molar-refractivity contribution in [3.05, 3.63) is 64.1 Å². The summed E-state index contributed by atoms with van der Waals surface area (Å²) in [7, 11) is 0. The number of aryl methyl sites for hydroxylation is 1. The van der Waals surface area contributed by atoms with Gasteiger partial charge >= 0.3 is 11.6 Å². The van der Waals surface area contributed by atoms with Crippen LogP contribution in [0.2, 0.25) is 0 Å². The number of anilines is 1. The number of hydrogen-bond acceptors (Lipinski definition) is 7. The highest BCUT2D eigenvalue weighted by atomic mass is 16.5. The van der Waals surface area contributed by atoms with E-state index in [0.717, 1.165) is 16.8 Å². The number of nitrogens with zero attached hydrogens (tertiary/aromatic N) is 3. The van der Waals surface area contributed by atoms with Crippen molar-refractivity contribution < 1.29 is 13.9 Å². The number of ether oxygens (including phenoxy) is 1. The van der Waals surface area contributed by atoms with Crippen molar-refractivity contribution in [1.82, 2.24) is 4.98 Å². The quantitative estimate of drug-likeness (QED) is 0.385. The van der Waals surface area contributed by atoms with Gasteiger partial charge in [0.2, 0.25) is 0 Å². The largest absolute Gasteiger partial charge is 0.426 e. The van der Waals surface area contributed by atoms with Crippen LogP contribution >= 0.6 is 0 Å². The molecule has 0 unspecified atom stereocenters. The first kappa shape index (κ1) is 18.7. The van der Waals surface area contributed by atoms with E-state index in [9.17, 15) is 9.59 Å². The van der Waals surface area contributed by atoms with Crippen LogP contribution in [-0.4, -0.2) is 24.0 Å². The van der Waals surface area contributed by atoms with Gasteiger partial charge in [0.1, 0.15) is 23.2 Å². The number of carbonyl (C=O) groups is 1. The van der Waals surface area contributed by atoms with Gasteiger partial charge in [-0.15, -0.1) is 0 Å². The normalized spacial score (nSPS) is 14.6. The molecule has 1 aliphatic rings. The van der Waals surface area contributed by atoms with Crippen LogP contribution in [0.1, 0.15) is 24.0 Å². The topological polar surface area (TPSA) is 96.4 Å². The van der Waals surface area contributed by atoms with Gasteiger partial charge in [-0.05, 0) is 49.6 Å². The highest BCUT2D eigenvalue weighted by molar-refractivity contribution is 5.83. The maximum Gasteiger partial charge on any atom is 0.336 e. The maximum atomic E-state index is 12.6. The van der Waals surface area contributed by atoms with E-state index < -0.39 is 5.63 Å². The zero-order chi connectivity index (χ0) is 20.4. The molecule has 0 bridgehead atoms. The van der Waals surface area contributed by atoms with E-state index in [-0.39, 0.29) is 11.9 Å². The first-order valence-electron chi connectivity index (χ1n) is 9.41. The lowest BCUT2D eigenvalue weighted by Gasteiger charge is -2.31. The molecule has 0 saturated carbocycles. The lowest BCUT2D eigenvalue weighted by Crippen LogP contribution is -2.38. The van der Waals surface area contributed by atoms with Crippen molar-refractivity contribution in [3.63, 3.8) is 0 Å². The molecule has 4 rings (SSSR count). The molecule has 3 heterocycles. The molecule has 29 heavy (non-hydrogen) atoms. The Kier molecular flexibility index (Phi) is 5.00. The summed E-state index contributed by atoms with van der Waals surface area (Å²) in [5.74, 6) is 0.680. The van der Waals surface area contributed by atoms with Crippen LogP contribution in [0.5, 0.6) is 5.75 Å². The monoisotopic (exact) mass is 389 g/mol. The van der Waals surface area contributed by atoms with Crippen LogP contribution in [0.25, 0.3) is 11.0 Å². The Morgan fingerprint density at radius 2 is 2.03 bits per heavy atom. The summed E-state index contributed by atoms with van der Waals surface area (Å²) in [6.45, 7) is 3.20. The molecule has 0 atom stereocenters. The van der Waals surface area contributed by atoms with Gasteiger partial charge in [-0.2, -0.15) is 5.26 Å². The Bertz CT molecular complexity index is 1150. The van der Waals surface area contributed by atoms with E-state index in [0.29, 0.717) is 42.8 Å². The number of piperidine rings is 1. The van der Waals surface area contributed by atoms with E-state index in [1.165, 1.54) is 6.07 Å². The lowest BCUT2D eigenvalue weighted by molar-refractivity contribution is -0.139. The second-order valence-corrected chi connectivity index (χ2v) is 7.11. The van der Waals surface area contributed by atoms with E-state index in [2.05, 4.69) is 16.0 Å². The van der Waals surface area contributed by atoms with E-state index in [1.54, 1.807) is 30.5 Å². The summed E-state index contributed by atoms with van der Waals surface area (Å²) in [6.07, 6.45) is 2.86. The third kappa shape index (κ3) is 3.97. The number of esters is 1. The van der Waals surface area contributed by atoms with Crippen LogP contribution in [0.4, 0.5) is 5.82 Å². The average Bonchev–Trinajstić information content (AvgIpc) is 2.73. The second-order valence-electron chi connectivity index (χ2n) is 7.11.